The summed E-state index contributed by atoms with van der Waals surface area (Å²) >= 11 is 5.96. The molecule has 1 saturated heterocycles. The van der Waals surface area contributed by atoms with E-state index in [0.717, 1.165) is 24.8 Å². The second kappa shape index (κ2) is 10.7. The van der Waals surface area contributed by atoms with Gasteiger partial charge in [-0.3, -0.25) is 9.59 Å². The summed E-state index contributed by atoms with van der Waals surface area (Å²) in [5.41, 5.74) is 0.249. The molecule has 2 unspecified atom stereocenters. The van der Waals surface area contributed by atoms with Gasteiger partial charge in [-0.05, 0) is 57.7 Å². The predicted octanol–water partition coefficient (Wildman–Crippen LogP) is 3.81. The topological polar surface area (TPSA) is 87.7 Å². The maximum absolute atomic E-state index is 13.1. The van der Waals surface area contributed by atoms with Gasteiger partial charge in [-0.15, -0.1) is 0 Å². The first-order valence-electron chi connectivity index (χ1n) is 10.3. The molecule has 0 spiro atoms. The third-order valence-corrected chi connectivity index (χ3v) is 5.11. The zero-order chi connectivity index (χ0) is 22.3. The Hall–Kier alpha value is -2.28. The van der Waals surface area contributed by atoms with Crippen LogP contribution in [-0.2, 0) is 14.3 Å². The van der Waals surface area contributed by atoms with Crippen LogP contribution in [0.2, 0.25) is 5.02 Å². The molecule has 0 saturated carbocycles. The monoisotopic (exact) mass is 437 g/mol. The minimum atomic E-state index is -0.573. The summed E-state index contributed by atoms with van der Waals surface area (Å²) in [6.45, 7) is 7.83. The normalized spacial score (nSPS) is 17.8. The van der Waals surface area contributed by atoms with Crippen LogP contribution in [0.1, 0.15) is 65.0 Å². The maximum atomic E-state index is 13.1. The lowest BCUT2D eigenvalue weighted by Crippen LogP contribution is -2.50. The van der Waals surface area contributed by atoms with Gasteiger partial charge >= 0.3 is 6.09 Å². The molecule has 1 aliphatic rings. The van der Waals surface area contributed by atoms with E-state index in [1.165, 1.54) is 6.92 Å². The van der Waals surface area contributed by atoms with E-state index in [1.807, 2.05) is 37.8 Å². The van der Waals surface area contributed by atoms with Gasteiger partial charge in [0.05, 0.1) is 12.5 Å². The van der Waals surface area contributed by atoms with Crippen molar-refractivity contribution >= 4 is 29.5 Å². The first-order chi connectivity index (χ1) is 14.0. The van der Waals surface area contributed by atoms with Crippen LogP contribution in [0.3, 0.4) is 0 Å². The van der Waals surface area contributed by atoms with Gasteiger partial charge in [0.2, 0.25) is 11.8 Å². The van der Waals surface area contributed by atoms with Crippen LogP contribution in [0.25, 0.3) is 0 Å². The van der Waals surface area contributed by atoms with Gasteiger partial charge in [0.15, 0.2) is 0 Å². The molecule has 1 aliphatic heterocycles. The summed E-state index contributed by atoms with van der Waals surface area (Å²) in [4.78, 5) is 38.6. The molecular formula is C22H32ClN3O4. The number of hydrogen-bond donors (Lipinski definition) is 2. The number of piperidine rings is 1. The number of ether oxygens (including phenoxy) is 1. The lowest BCUT2D eigenvalue weighted by atomic mass is 9.98. The second-order valence-electron chi connectivity index (χ2n) is 8.63. The minimum absolute atomic E-state index is 0.0561. The molecule has 8 heteroatoms. The smallest absolute Gasteiger partial charge is 0.407 e. The van der Waals surface area contributed by atoms with Crippen LogP contribution < -0.4 is 10.6 Å². The molecule has 0 aromatic heterocycles. The van der Waals surface area contributed by atoms with Gasteiger partial charge < -0.3 is 20.3 Å². The summed E-state index contributed by atoms with van der Waals surface area (Å²) < 4.78 is 5.29. The molecule has 2 atom stereocenters. The van der Waals surface area contributed by atoms with E-state index in [1.54, 1.807) is 12.1 Å². The van der Waals surface area contributed by atoms with Crippen LogP contribution >= 0.6 is 11.6 Å². The Kier molecular flexibility index (Phi) is 8.53. The molecule has 1 aromatic rings. The third kappa shape index (κ3) is 7.86. The molecule has 0 bridgehead atoms. The van der Waals surface area contributed by atoms with Crippen molar-refractivity contribution in [3.8, 4) is 0 Å². The molecule has 166 valence electrons. The Morgan fingerprint density at radius 1 is 1.20 bits per heavy atom. The number of benzene rings is 1. The molecular weight excluding hydrogens is 406 g/mol. The quantitative estimate of drug-likeness (QED) is 0.708. The number of alkyl carbamates (subject to hydrolysis) is 1. The van der Waals surface area contributed by atoms with Crippen LogP contribution in [0, 0.1) is 0 Å². The van der Waals surface area contributed by atoms with Crippen molar-refractivity contribution in [1.29, 1.82) is 0 Å². The summed E-state index contributed by atoms with van der Waals surface area (Å²) in [6, 6.07) is 6.58. The summed E-state index contributed by atoms with van der Waals surface area (Å²) in [5, 5.41) is 6.23. The molecule has 2 N–H and O–H groups in total. The van der Waals surface area contributed by atoms with E-state index < -0.39 is 17.7 Å². The Balaban J connectivity index is 2.04. The number of nitrogens with one attached hydrogen (secondary N) is 2. The van der Waals surface area contributed by atoms with E-state index in [4.69, 9.17) is 16.3 Å². The van der Waals surface area contributed by atoms with Crippen molar-refractivity contribution in [3.63, 3.8) is 0 Å². The first-order valence-corrected chi connectivity index (χ1v) is 10.7. The summed E-state index contributed by atoms with van der Waals surface area (Å²) in [5.74, 6) is -0.260. The molecule has 0 aliphatic carbocycles. The first kappa shape index (κ1) is 24.0. The van der Waals surface area contributed by atoms with Crippen LogP contribution in [0.5, 0.6) is 0 Å². The Bertz CT molecular complexity index is 746. The molecule has 0 radical (unpaired) electrons. The number of rotatable bonds is 6. The lowest BCUT2D eigenvalue weighted by molar-refractivity contribution is -0.135. The van der Waals surface area contributed by atoms with Crippen LogP contribution in [-0.4, -0.2) is 47.5 Å². The Morgan fingerprint density at radius 3 is 2.47 bits per heavy atom. The maximum Gasteiger partial charge on any atom is 0.407 e. The lowest BCUT2D eigenvalue weighted by Gasteiger charge is -2.37. The minimum Gasteiger partial charge on any atom is -0.444 e. The average molecular weight is 438 g/mol. The summed E-state index contributed by atoms with van der Waals surface area (Å²) in [7, 11) is 0. The highest BCUT2D eigenvalue weighted by atomic mass is 35.5. The van der Waals surface area contributed by atoms with E-state index in [9.17, 15) is 14.4 Å². The van der Waals surface area contributed by atoms with Gasteiger partial charge in [0, 0.05) is 31.1 Å². The van der Waals surface area contributed by atoms with Gasteiger partial charge in [-0.2, -0.15) is 0 Å². The molecule has 1 heterocycles. The highest BCUT2D eigenvalue weighted by Crippen LogP contribution is 2.24. The molecule has 1 fully saturated rings. The van der Waals surface area contributed by atoms with Crippen molar-refractivity contribution in [2.24, 2.45) is 0 Å². The van der Waals surface area contributed by atoms with Crippen molar-refractivity contribution < 1.29 is 19.1 Å². The zero-order valence-electron chi connectivity index (χ0n) is 18.2. The standard InChI is InChI=1S/C22H32ClN3O4/c1-15(27)25-19(16-8-10-17(23)11-9-16)13-20(28)26-12-6-5-7-18(26)14-24-21(29)30-22(2,3)4/h8-11,18-19H,5-7,12-14H2,1-4H3,(H,24,29)(H,25,27). The van der Waals surface area contributed by atoms with Gasteiger partial charge in [0.1, 0.15) is 5.60 Å². The van der Waals surface area contributed by atoms with E-state index in [0.29, 0.717) is 18.1 Å². The van der Waals surface area contributed by atoms with E-state index >= 15 is 0 Å². The average Bonchev–Trinajstić information content (AvgIpc) is 2.65. The molecule has 3 amide bonds. The van der Waals surface area contributed by atoms with Gasteiger partial charge in [-0.25, -0.2) is 4.79 Å². The molecule has 2 rings (SSSR count). The number of amides is 3. The number of carbonyl (C=O) groups excluding carboxylic acids is 3. The fourth-order valence-corrected chi connectivity index (χ4v) is 3.67. The number of halogens is 1. The van der Waals surface area contributed by atoms with Crippen LogP contribution in [0.4, 0.5) is 4.79 Å². The predicted molar refractivity (Wildman–Crippen MR) is 116 cm³/mol. The Morgan fingerprint density at radius 2 is 1.87 bits per heavy atom. The fourth-order valence-electron chi connectivity index (χ4n) is 3.54. The molecule has 30 heavy (non-hydrogen) atoms. The fraction of sp³-hybridized carbons (Fsp3) is 0.591. The van der Waals surface area contributed by atoms with Crippen LogP contribution in [0.15, 0.2) is 24.3 Å². The number of likely N-dealkylation sites (tertiary alicyclic amines) is 1. The number of nitrogens with zero attached hydrogens (tertiary/aromatic N) is 1. The number of carbonyl (C=O) groups is 3. The SMILES string of the molecule is CC(=O)NC(CC(=O)N1CCCCC1CNC(=O)OC(C)(C)C)c1ccc(Cl)cc1. The van der Waals surface area contributed by atoms with E-state index in [-0.39, 0.29) is 24.3 Å². The van der Waals surface area contributed by atoms with Crippen molar-refractivity contribution in [1.82, 2.24) is 15.5 Å². The number of hydrogen-bond acceptors (Lipinski definition) is 4. The van der Waals surface area contributed by atoms with E-state index in [2.05, 4.69) is 10.6 Å². The third-order valence-electron chi connectivity index (χ3n) is 4.86. The van der Waals surface area contributed by atoms with Gasteiger partial charge in [-0.1, -0.05) is 23.7 Å². The Labute approximate surface area is 183 Å². The summed E-state index contributed by atoms with van der Waals surface area (Å²) in [6.07, 6.45) is 2.38. The highest BCUT2D eigenvalue weighted by molar-refractivity contribution is 6.30. The molecule has 1 aromatic carbocycles. The molecule has 7 nitrogen and oxygen atoms in total. The zero-order valence-corrected chi connectivity index (χ0v) is 18.9. The highest BCUT2D eigenvalue weighted by Gasteiger charge is 2.29. The largest absolute Gasteiger partial charge is 0.444 e. The second-order valence-corrected chi connectivity index (χ2v) is 9.06. The van der Waals surface area contributed by atoms with Crippen molar-refractivity contribution in [2.45, 2.75) is 71.1 Å². The van der Waals surface area contributed by atoms with Crippen molar-refractivity contribution in [3.05, 3.63) is 34.9 Å². The van der Waals surface area contributed by atoms with Crippen molar-refractivity contribution in [2.75, 3.05) is 13.1 Å². The van der Waals surface area contributed by atoms with Gasteiger partial charge in [0.25, 0.3) is 0 Å².